The first kappa shape index (κ1) is 20.9. The van der Waals surface area contributed by atoms with E-state index in [-0.39, 0.29) is 5.91 Å². The van der Waals surface area contributed by atoms with Crippen molar-refractivity contribution in [2.75, 3.05) is 19.0 Å². The highest BCUT2D eigenvalue weighted by atomic mass is 16.5. The Balaban J connectivity index is 1.80. The molecule has 0 saturated carbocycles. The lowest BCUT2D eigenvalue weighted by Crippen LogP contribution is -2.36. The van der Waals surface area contributed by atoms with Crippen LogP contribution in [-0.4, -0.2) is 30.6 Å². The van der Waals surface area contributed by atoms with E-state index in [0.717, 1.165) is 5.56 Å². The number of aliphatic imine (C=N–C) groups is 1. The van der Waals surface area contributed by atoms with Gasteiger partial charge in [-0.25, -0.2) is 4.99 Å². The molecule has 3 aromatic rings. The number of nitrogens with zero attached hydrogens (tertiary/aromatic N) is 2. The Kier molecular flexibility index (Phi) is 7.38. The largest absolute Gasteiger partial charge is 0.495 e. The molecule has 7 heteroatoms. The molecule has 3 rings (SSSR count). The number of carbonyl (C=O) groups is 1. The Hall–Kier alpha value is -3.87. The van der Waals surface area contributed by atoms with E-state index < -0.39 is 0 Å². The van der Waals surface area contributed by atoms with E-state index in [1.807, 2.05) is 43.3 Å². The fourth-order valence-electron chi connectivity index (χ4n) is 2.70. The Morgan fingerprint density at radius 1 is 1.07 bits per heavy atom. The first-order valence-corrected chi connectivity index (χ1v) is 9.57. The Labute approximate surface area is 175 Å². The molecular formula is C23H24N4O3. The first-order valence-electron chi connectivity index (χ1n) is 9.57. The number of rotatable bonds is 7. The summed E-state index contributed by atoms with van der Waals surface area (Å²) in [5.74, 6) is 1.38. The van der Waals surface area contributed by atoms with E-state index in [0.29, 0.717) is 41.9 Å². The summed E-state index contributed by atoms with van der Waals surface area (Å²) in [6.45, 7) is 2.84. The van der Waals surface area contributed by atoms with Gasteiger partial charge in [-0.3, -0.25) is 15.1 Å². The van der Waals surface area contributed by atoms with E-state index in [9.17, 15) is 4.79 Å². The summed E-state index contributed by atoms with van der Waals surface area (Å²) in [7, 11) is 1.59. The lowest BCUT2D eigenvalue weighted by Gasteiger charge is -2.14. The van der Waals surface area contributed by atoms with Gasteiger partial charge in [0.15, 0.2) is 0 Å². The highest BCUT2D eigenvalue weighted by Gasteiger charge is 2.11. The molecule has 0 aliphatic rings. The smallest absolute Gasteiger partial charge is 0.257 e. The number of aromatic nitrogens is 1. The van der Waals surface area contributed by atoms with E-state index in [1.165, 1.54) is 0 Å². The minimum absolute atomic E-state index is 0.287. The predicted molar refractivity (Wildman–Crippen MR) is 117 cm³/mol. The van der Waals surface area contributed by atoms with Gasteiger partial charge in [0.1, 0.15) is 11.5 Å². The summed E-state index contributed by atoms with van der Waals surface area (Å²) in [6.07, 6.45) is 3.44. The molecule has 0 fully saturated rings. The van der Waals surface area contributed by atoms with Gasteiger partial charge in [-0.1, -0.05) is 18.2 Å². The van der Waals surface area contributed by atoms with Crippen molar-refractivity contribution >= 4 is 17.6 Å². The quantitative estimate of drug-likeness (QED) is 0.461. The molecule has 0 unspecified atom stereocenters. The van der Waals surface area contributed by atoms with Crippen molar-refractivity contribution in [3.63, 3.8) is 0 Å². The minimum Gasteiger partial charge on any atom is -0.495 e. The third-order valence-electron chi connectivity index (χ3n) is 4.16. The van der Waals surface area contributed by atoms with Crippen molar-refractivity contribution in [1.82, 2.24) is 10.3 Å². The molecule has 0 aliphatic heterocycles. The van der Waals surface area contributed by atoms with Crippen LogP contribution < -0.4 is 20.1 Å². The van der Waals surface area contributed by atoms with Crippen molar-refractivity contribution in [3.05, 3.63) is 84.2 Å². The third-order valence-corrected chi connectivity index (χ3v) is 4.16. The van der Waals surface area contributed by atoms with E-state index >= 15 is 0 Å². The molecule has 0 aliphatic carbocycles. The second kappa shape index (κ2) is 10.6. The van der Waals surface area contributed by atoms with Crippen LogP contribution in [0.15, 0.2) is 78.0 Å². The summed E-state index contributed by atoms with van der Waals surface area (Å²) >= 11 is 0. The van der Waals surface area contributed by atoms with Crippen LogP contribution in [0.4, 0.5) is 5.69 Å². The van der Waals surface area contributed by atoms with Crippen LogP contribution in [0, 0.1) is 0 Å². The summed E-state index contributed by atoms with van der Waals surface area (Å²) in [5.41, 5.74) is 2.11. The fourth-order valence-corrected chi connectivity index (χ4v) is 2.70. The normalized spacial score (nSPS) is 10.9. The van der Waals surface area contributed by atoms with Crippen LogP contribution in [0.1, 0.15) is 22.8 Å². The van der Waals surface area contributed by atoms with Gasteiger partial charge < -0.3 is 14.8 Å². The molecule has 30 heavy (non-hydrogen) atoms. The second-order valence-electron chi connectivity index (χ2n) is 6.26. The number of methoxy groups -OCH3 is 1. The molecule has 2 aromatic carbocycles. The monoisotopic (exact) mass is 404 g/mol. The number of carbonyl (C=O) groups excluding carboxylic acids is 1. The Morgan fingerprint density at radius 2 is 1.87 bits per heavy atom. The zero-order valence-electron chi connectivity index (χ0n) is 17.0. The molecule has 154 valence electrons. The average Bonchev–Trinajstić information content (AvgIpc) is 2.79. The van der Waals surface area contributed by atoms with Crippen LogP contribution in [0.25, 0.3) is 0 Å². The average molecular weight is 404 g/mol. The van der Waals surface area contributed by atoms with Gasteiger partial charge in [-0.2, -0.15) is 0 Å². The maximum Gasteiger partial charge on any atom is 0.257 e. The van der Waals surface area contributed by atoms with Gasteiger partial charge in [0, 0.05) is 18.0 Å². The van der Waals surface area contributed by atoms with Crippen molar-refractivity contribution in [2.45, 2.75) is 13.5 Å². The number of para-hydroxylation sites is 2. The van der Waals surface area contributed by atoms with E-state index in [1.54, 1.807) is 43.8 Å². The maximum absolute atomic E-state index is 12.8. The fraction of sp³-hybridized carbons (Fsp3) is 0.174. The van der Waals surface area contributed by atoms with Crippen LogP contribution in [0.2, 0.25) is 0 Å². The first-order chi connectivity index (χ1) is 14.7. The third kappa shape index (κ3) is 5.81. The molecule has 0 atom stereocenters. The number of ether oxygens (including phenoxy) is 2. The zero-order valence-corrected chi connectivity index (χ0v) is 17.0. The van der Waals surface area contributed by atoms with Crippen molar-refractivity contribution in [2.24, 2.45) is 4.99 Å². The van der Waals surface area contributed by atoms with E-state index in [2.05, 4.69) is 20.6 Å². The number of amides is 1. The lowest BCUT2D eigenvalue weighted by atomic mass is 10.2. The van der Waals surface area contributed by atoms with Crippen molar-refractivity contribution in [1.29, 1.82) is 0 Å². The number of hydrogen-bond donors (Lipinski definition) is 2. The predicted octanol–water partition coefficient (Wildman–Crippen LogP) is 3.89. The lowest BCUT2D eigenvalue weighted by molar-refractivity contribution is 0.0977. The van der Waals surface area contributed by atoms with E-state index in [4.69, 9.17) is 9.47 Å². The highest BCUT2D eigenvalue weighted by Crippen LogP contribution is 2.23. The number of benzene rings is 2. The van der Waals surface area contributed by atoms with Crippen molar-refractivity contribution in [3.8, 4) is 11.5 Å². The number of nitrogens with one attached hydrogen (secondary N) is 2. The summed E-state index contributed by atoms with van der Waals surface area (Å²) in [4.78, 5) is 21.4. The molecule has 1 aromatic heterocycles. The number of pyridine rings is 1. The van der Waals surface area contributed by atoms with Gasteiger partial charge >= 0.3 is 0 Å². The number of hydrogen-bond acceptors (Lipinski definition) is 5. The van der Waals surface area contributed by atoms with Gasteiger partial charge in [-0.05, 0) is 55.0 Å². The van der Waals surface area contributed by atoms with Crippen LogP contribution >= 0.6 is 0 Å². The molecule has 0 bridgehead atoms. The molecule has 1 amide bonds. The van der Waals surface area contributed by atoms with Crippen LogP contribution in [-0.2, 0) is 6.54 Å². The maximum atomic E-state index is 12.8. The Morgan fingerprint density at radius 3 is 2.57 bits per heavy atom. The zero-order chi connectivity index (χ0) is 21.2. The molecule has 0 radical (unpaired) electrons. The van der Waals surface area contributed by atoms with Gasteiger partial charge in [-0.15, -0.1) is 0 Å². The molecule has 2 N–H and O–H groups in total. The van der Waals surface area contributed by atoms with Gasteiger partial charge in [0.25, 0.3) is 5.91 Å². The SMILES string of the molecule is CCOc1ccc(C(=O)NC(=NCc2cccnc2)Nc2ccccc2OC)cc1. The molecular weight excluding hydrogens is 380 g/mol. The summed E-state index contributed by atoms with van der Waals surface area (Å²) < 4.78 is 10.8. The van der Waals surface area contributed by atoms with Crippen molar-refractivity contribution < 1.29 is 14.3 Å². The van der Waals surface area contributed by atoms with Crippen LogP contribution in [0.3, 0.4) is 0 Å². The number of guanidine groups is 1. The minimum atomic E-state index is -0.287. The standard InChI is InChI=1S/C23H24N4O3/c1-3-30-19-12-10-18(11-13-19)22(28)27-23(25-16-17-7-6-14-24-15-17)26-20-8-4-5-9-21(20)29-2/h4-15H,3,16H2,1-2H3,(H2,25,26,27,28). The summed E-state index contributed by atoms with van der Waals surface area (Å²) in [6, 6.07) is 18.1. The molecule has 0 spiro atoms. The number of anilines is 1. The van der Waals surface area contributed by atoms with Gasteiger partial charge in [0.2, 0.25) is 5.96 Å². The topological polar surface area (TPSA) is 84.8 Å². The van der Waals surface area contributed by atoms with Gasteiger partial charge in [0.05, 0.1) is 25.9 Å². The molecule has 1 heterocycles. The summed E-state index contributed by atoms with van der Waals surface area (Å²) in [5, 5.41) is 5.99. The molecule has 7 nitrogen and oxygen atoms in total. The highest BCUT2D eigenvalue weighted by molar-refractivity contribution is 6.10. The second-order valence-corrected chi connectivity index (χ2v) is 6.26. The van der Waals surface area contributed by atoms with Crippen LogP contribution in [0.5, 0.6) is 11.5 Å². The molecule has 0 saturated heterocycles. The Bertz CT molecular complexity index is 989.